The van der Waals surface area contributed by atoms with E-state index in [4.69, 9.17) is 11.6 Å². The predicted molar refractivity (Wildman–Crippen MR) is 126 cm³/mol. The molecule has 0 aromatic heterocycles. The van der Waals surface area contributed by atoms with Crippen LogP contribution in [0.2, 0.25) is 0 Å². The zero-order chi connectivity index (χ0) is 23.4. The Morgan fingerprint density at radius 2 is 1.55 bits per heavy atom. The van der Waals surface area contributed by atoms with Gasteiger partial charge in [-0.25, -0.2) is 0 Å². The molecule has 166 valence electrons. The quantitative estimate of drug-likeness (QED) is 0.363. The van der Waals surface area contributed by atoms with Crippen molar-refractivity contribution in [3.05, 3.63) is 101 Å². The zero-order valence-electron chi connectivity index (χ0n) is 17.4. The van der Waals surface area contributed by atoms with Gasteiger partial charge in [-0.15, -0.1) is 0 Å². The summed E-state index contributed by atoms with van der Waals surface area (Å²) in [5.74, 6) is -1.48. The van der Waals surface area contributed by atoms with E-state index in [1.54, 1.807) is 42.5 Å². The molecule has 1 heterocycles. The number of phenolic OH excluding ortho intramolecular Hbond substituents is 1. The van der Waals surface area contributed by atoms with Gasteiger partial charge in [0.15, 0.2) is 0 Å². The number of nitrogens with zero attached hydrogens (tertiary/aromatic N) is 1. The van der Waals surface area contributed by atoms with Gasteiger partial charge in [0, 0.05) is 17.8 Å². The number of nitrogens with one attached hydrogen (secondary N) is 2. The third kappa shape index (κ3) is 4.88. The van der Waals surface area contributed by atoms with E-state index in [2.05, 4.69) is 10.6 Å². The highest BCUT2D eigenvalue weighted by molar-refractivity contribution is 6.48. The number of hydrogen-bond acceptors (Lipinski definition) is 5. The number of aromatic hydroxyl groups is 1. The SMILES string of the molecule is O=C(Nc1ccccc1O)c1ccc(NC2=C(Cl)C(=O)N(CCc3ccccc3)C2=O)cc1. The molecular formula is C25H20ClN3O4. The normalized spacial score (nSPS) is 13.4. The van der Waals surface area contributed by atoms with Gasteiger partial charge in [0.05, 0.1) is 5.69 Å². The molecule has 8 heteroatoms. The maximum absolute atomic E-state index is 12.8. The Bertz CT molecular complexity index is 1240. The van der Waals surface area contributed by atoms with Crippen molar-refractivity contribution in [3.8, 4) is 5.75 Å². The second-order valence-corrected chi connectivity index (χ2v) is 7.74. The van der Waals surface area contributed by atoms with Gasteiger partial charge >= 0.3 is 0 Å². The van der Waals surface area contributed by atoms with Crippen molar-refractivity contribution in [3.63, 3.8) is 0 Å². The zero-order valence-corrected chi connectivity index (χ0v) is 18.2. The molecular weight excluding hydrogens is 442 g/mol. The van der Waals surface area contributed by atoms with Crippen LogP contribution < -0.4 is 10.6 Å². The lowest BCUT2D eigenvalue weighted by atomic mass is 10.1. The lowest BCUT2D eigenvalue weighted by Crippen LogP contribution is -2.34. The third-order valence-corrected chi connectivity index (χ3v) is 5.50. The molecule has 4 rings (SSSR count). The highest BCUT2D eigenvalue weighted by Gasteiger charge is 2.37. The number of hydrogen-bond donors (Lipinski definition) is 3. The Morgan fingerprint density at radius 3 is 2.24 bits per heavy atom. The molecule has 0 bridgehead atoms. The van der Waals surface area contributed by atoms with Crippen molar-refractivity contribution in [2.75, 3.05) is 17.2 Å². The molecule has 3 aromatic carbocycles. The summed E-state index contributed by atoms with van der Waals surface area (Å²) >= 11 is 6.15. The first-order chi connectivity index (χ1) is 15.9. The van der Waals surface area contributed by atoms with Gasteiger partial charge in [0.1, 0.15) is 16.5 Å². The maximum atomic E-state index is 12.8. The predicted octanol–water partition coefficient (Wildman–Crippen LogP) is 4.12. The van der Waals surface area contributed by atoms with Crippen LogP contribution in [0.25, 0.3) is 0 Å². The fourth-order valence-electron chi connectivity index (χ4n) is 3.37. The van der Waals surface area contributed by atoms with Crippen molar-refractivity contribution < 1.29 is 19.5 Å². The van der Waals surface area contributed by atoms with Crippen LogP contribution in [-0.2, 0) is 16.0 Å². The monoisotopic (exact) mass is 461 g/mol. The summed E-state index contributed by atoms with van der Waals surface area (Å²) in [6.07, 6.45) is 0.524. The molecule has 0 saturated heterocycles. The summed E-state index contributed by atoms with van der Waals surface area (Å²) in [6, 6.07) is 22.3. The smallest absolute Gasteiger partial charge is 0.278 e. The third-order valence-electron chi connectivity index (χ3n) is 5.15. The first-order valence-electron chi connectivity index (χ1n) is 10.2. The number of phenols is 1. The average molecular weight is 462 g/mol. The van der Waals surface area contributed by atoms with E-state index < -0.39 is 17.7 Å². The average Bonchev–Trinajstić information content (AvgIpc) is 3.03. The van der Waals surface area contributed by atoms with Crippen LogP contribution in [0.5, 0.6) is 5.75 Å². The van der Waals surface area contributed by atoms with Crippen LogP contribution in [-0.4, -0.2) is 34.3 Å². The molecule has 0 unspecified atom stereocenters. The summed E-state index contributed by atoms with van der Waals surface area (Å²) in [6.45, 7) is 0.217. The van der Waals surface area contributed by atoms with Crippen molar-refractivity contribution in [2.24, 2.45) is 0 Å². The molecule has 7 nitrogen and oxygen atoms in total. The van der Waals surface area contributed by atoms with Gasteiger partial charge in [0.25, 0.3) is 17.7 Å². The molecule has 0 aliphatic carbocycles. The van der Waals surface area contributed by atoms with Crippen LogP contribution >= 0.6 is 11.6 Å². The molecule has 0 radical (unpaired) electrons. The maximum Gasteiger partial charge on any atom is 0.278 e. The fourth-order valence-corrected chi connectivity index (χ4v) is 3.60. The van der Waals surface area contributed by atoms with Crippen LogP contribution in [0.3, 0.4) is 0 Å². The summed E-state index contributed by atoms with van der Waals surface area (Å²) in [5.41, 5.74) is 2.15. The minimum Gasteiger partial charge on any atom is -0.506 e. The standard InChI is InChI=1S/C25H20ClN3O4/c26-21-22(25(33)29(24(21)32)15-14-16-6-2-1-3-7-16)27-18-12-10-17(11-13-18)23(31)28-19-8-4-5-9-20(19)30/h1-13,27,30H,14-15H2,(H,28,31). The molecule has 33 heavy (non-hydrogen) atoms. The number of imide groups is 1. The largest absolute Gasteiger partial charge is 0.506 e. The number of carbonyl (C=O) groups excluding carboxylic acids is 3. The van der Waals surface area contributed by atoms with Crippen LogP contribution in [0.4, 0.5) is 11.4 Å². The van der Waals surface area contributed by atoms with Gasteiger partial charge in [0.2, 0.25) is 0 Å². The lowest BCUT2D eigenvalue weighted by Gasteiger charge is -2.15. The first-order valence-corrected chi connectivity index (χ1v) is 10.6. The Labute approximate surface area is 195 Å². The van der Waals surface area contributed by atoms with Gasteiger partial charge in [-0.3, -0.25) is 19.3 Å². The second kappa shape index (κ2) is 9.58. The van der Waals surface area contributed by atoms with Crippen molar-refractivity contribution in [1.29, 1.82) is 0 Å². The van der Waals surface area contributed by atoms with E-state index >= 15 is 0 Å². The minimum atomic E-state index is -0.543. The lowest BCUT2D eigenvalue weighted by molar-refractivity contribution is -0.137. The van der Waals surface area contributed by atoms with Crippen LogP contribution in [0, 0.1) is 0 Å². The second-order valence-electron chi connectivity index (χ2n) is 7.36. The van der Waals surface area contributed by atoms with Gasteiger partial charge in [-0.1, -0.05) is 54.1 Å². The van der Waals surface area contributed by atoms with Crippen molar-refractivity contribution in [2.45, 2.75) is 6.42 Å². The Balaban J connectivity index is 1.41. The van der Waals surface area contributed by atoms with Crippen LogP contribution in [0.15, 0.2) is 89.6 Å². The number of carbonyl (C=O) groups is 3. The number of amides is 3. The number of rotatable bonds is 7. The first kappa shape index (κ1) is 22.1. The molecule has 0 spiro atoms. The Morgan fingerprint density at radius 1 is 0.879 bits per heavy atom. The Kier molecular flexibility index (Phi) is 6.42. The van der Waals surface area contributed by atoms with E-state index in [1.165, 1.54) is 6.07 Å². The van der Waals surface area contributed by atoms with Crippen molar-refractivity contribution in [1.82, 2.24) is 4.90 Å². The minimum absolute atomic E-state index is 0.00105. The molecule has 1 aliphatic heterocycles. The van der Waals surface area contributed by atoms with Gasteiger partial charge < -0.3 is 15.7 Å². The molecule has 3 N–H and O–H groups in total. The van der Waals surface area contributed by atoms with Gasteiger partial charge in [-0.2, -0.15) is 0 Å². The number of anilines is 2. The molecule has 0 fully saturated rings. The van der Waals surface area contributed by atoms with E-state index in [1.807, 2.05) is 30.3 Å². The molecule has 3 aromatic rings. The van der Waals surface area contributed by atoms with E-state index in [0.29, 0.717) is 23.4 Å². The van der Waals surface area contributed by atoms with E-state index in [0.717, 1.165) is 10.5 Å². The van der Waals surface area contributed by atoms with Crippen molar-refractivity contribution >= 4 is 40.7 Å². The van der Waals surface area contributed by atoms with Gasteiger partial charge in [-0.05, 0) is 48.4 Å². The summed E-state index contributed by atoms with van der Waals surface area (Å²) in [4.78, 5) is 38.8. The molecule has 1 aliphatic rings. The number of halogens is 1. The fraction of sp³-hybridized carbons (Fsp3) is 0.0800. The number of benzene rings is 3. The highest BCUT2D eigenvalue weighted by atomic mass is 35.5. The Hall–Kier alpha value is -4.10. The molecule has 0 atom stereocenters. The topological polar surface area (TPSA) is 98.7 Å². The number of para-hydroxylation sites is 2. The molecule has 0 saturated carbocycles. The van der Waals surface area contributed by atoms with Crippen LogP contribution in [0.1, 0.15) is 15.9 Å². The summed E-state index contributed by atoms with van der Waals surface area (Å²) in [7, 11) is 0. The summed E-state index contributed by atoms with van der Waals surface area (Å²) in [5, 5.41) is 15.1. The van der Waals surface area contributed by atoms with E-state index in [9.17, 15) is 19.5 Å². The van der Waals surface area contributed by atoms with E-state index in [-0.39, 0.29) is 23.0 Å². The summed E-state index contributed by atoms with van der Waals surface area (Å²) < 4.78 is 0. The molecule has 3 amide bonds. The highest BCUT2D eigenvalue weighted by Crippen LogP contribution is 2.26.